The number of nitrogens with one attached hydrogen (secondary N) is 3. The number of sulfonamides is 1. The quantitative estimate of drug-likeness (QED) is 0.149. The summed E-state index contributed by atoms with van der Waals surface area (Å²) in [5, 5.41) is 5.49. The van der Waals surface area contributed by atoms with Crippen molar-refractivity contribution in [1.29, 1.82) is 0 Å². The van der Waals surface area contributed by atoms with Gasteiger partial charge in [-0.05, 0) is 18.9 Å². The van der Waals surface area contributed by atoms with Crippen LogP contribution in [0.15, 0.2) is 30.4 Å². The molecule has 15 nitrogen and oxygen atoms in total. The van der Waals surface area contributed by atoms with E-state index in [2.05, 4.69) is 25.3 Å². The van der Waals surface area contributed by atoms with Crippen molar-refractivity contribution in [2.45, 2.75) is 133 Å². The van der Waals surface area contributed by atoms with Crippen molar-refractivity contribution in [3.8, 4) is 11.6 Å². The Morgan fingerprint density at radius 2 is 1.76 bits per heavy atom. The number of amides is 4. The molecule has 4 fully saturated rings. The first-order valence-electron chi connectivity index (χ1n) is 19.4. The minimum absolute atomic E-state index is 0.0440. The number of carbonyl (C=O) groups excluding carboxylic acids is 4. The maximum atomic E-state index is 14.6. The number of fused-ring (bicyclic) bond motifs is 3. The van der Waals surface area contributed by atoms with Gasteiger partial charge in [-0.15, -0.1) is 0 Å². The molecule has 3 N–H and O–H groups in total. The van der Waals surface area contributed by atoms with Crippen LogP contribution in [0.1, 0.15) is 96.6 Å². The first-order valence-corrected chi connectivity index (χ1v) is 23.3. The predicted octanol–water partition coefficient (Wildman–Crippen LogP) is 1.24. The summed E-state index contributed by atoms with van der Waals surface area (Å²) in [6.07, 6.45) is 2.89. The van der Waals surface area contributed by atoms with Gasteiger partial charge in [-0.25, -0.2) is 0 Å². The van der Waals surface area contributed by atoms with Crippen molar-refractivity contribution in [3.05, 3.63) is 36.0 Å². The van der Waals surface area contributed by atoms with Crippen LogP contribution >= 0.6 is 0 Å². The molecule has 0 unspecified atom stereocenters. The molecular weight excluding hydrogens is 900 g/mol. The number of nitrogens with zero attached hydrogens (tertiary/aromatic N) is 3. The molecule has 2 aromatic rings. The van der Waals surface area contributed by atoms with Crippen molar-refractivity contribution in [1.82, 2.24) is 30.2 Å². The average molecular weight is 948 g/mol. The number of allylic oxidation sites excluding steroid dienone is 1. The number of hydrogen-bond acceptors (Lipinski definition) is 11. The summed E-state index contributed by atoms with van der Waals surface area (Å²) in [6, 6.07) is 1.59. The maximum absolute atomic E-state index is 14.6. The Kier molecular flexibility index (Phi) is 11.6. The fourth-order valence-corrected chi connectivity index (χ4v) is 12.0. The summed E-state index contributed by atoms with van der Waals surface area (Å²) in [4.78, 5) is 65.3. The standard InChI is InChI=1S/C38H47F3IN6O9S/c1-35(15-9-10-16-35)57-34(52)45-25-11-7-5-4-6-8-12-28-37(42-28,33(51)47-58(53,54)36(2)17-18-36)46-30(49)27-20-23(21-48(27)32(25)50)56-31-29(38(39,40)41)43-24-14-13-22(55-3)19-26(24)44-31/h8,12-14,19,23,25,27-28H,4-7,9-11,15-18,20-21H2,1-3H3,(H,45,52)(H,46,49)(H,47,51)/q-1/b12-8-/t23-,25+,27+,28+,37-/m1/s1. The van der Waals surface area contributed by atoms with Gasteiger partial charge in [-0.2, -0.15) is 0 Å². The molecule has 0 spiro atoms. The fourth-order valence-electron chi connectivity index (χ4n) is 7.70. The number of halogens is 4. The normalized spacial score (nSPS) is 29.0. The third-order valence-corrected chi connectivity index (χ3v) is 17.5. The summed E-state index contributed by atoms with van der Waals surface area (Å²) < 4.78 is 85.5. The van der Waals surface area contributed by atoms with E-state index in [1.807, 2.05) is 19.1 Å². The molecule has 0 bridgehead atoms. The second kappa shape index (κ2) is 15.9. The third kappa shape index (κ3) is 8.81. The Balaban J connectivity index is 1.21. The first-order chi connectivity index (χ1) is 27.4. The van der Waals surface area contributed by atoms with E-state index in [1.165, 1.54) is 32.2 Å². The van der Waals surface area contributed by atoms with Crippen molar-refractivity contribution in [2.24, 2.45) is 0 Å². The Morgan fingerprint density at radius 1 is 1.02 bits per heavy atom. The SMILES string of the molecule is COc1ccc2nc(C(F)(F)F)c(O[C@@H]3C[C@H]4C(=O)N[C@]5(C(=O)NS(=O)(=O)C6(C)CC6)[I-][C@H]5/C=C\CCCCC[C@H](NC(=O)OC5(C)CCCC5)C(=O)N4C3)nc2c1. The second-order valence-electron chi connectivity index (χ2n) is 16.1. The van der Waals surface area contributed by atoms with Crippen LogP contribution in [-0.4, -0.2) is 96.8 Å². The van der Waals surface area contributed by atoms with Crippen LogP contribution in [-0.2, 0) is 35.3 Å². The average Bonchev–Trinajstić information content (AvgIpc) is 3.97. The minimum atomic E-state index is -4.99. The second-order valence-corrected chi connectivity index (χ2v) is 22.0. The molecule has 2 aliphatic carbocycles. The van der Waals surface area contributed by atoms with Crippen molar-refractivity contribution in [3.63, 3.8) is 0 Å². The summed E-state index contributed by atoms with van der Waals surface area (Å²) in [5.74, 6) is -2.94. The van der Waals surface area contributed by atoms with E-state index in [1.54, 1.807) is 0 Å². The van der Waals surface area contributed by atoms with Crippen molar-refractivity contribution >= 4 is 44.9 Å². The number of methoxy groups -OCH3 is 1. The van der Waals surface area contributed by atoms with Crippen LogP contribution < -0.4 is 46.0 Å². The third-order valence-electron chi connectivity index (χ3n) is 11.6. The molecule has 1 aromatic carbocycles. The molecule has 3 aliphatic heterocycles. The number of benzene rings is 1. The van der Waals surface area contributed by atoms with Crippen LogP contribution in [0, 0.1) is 0 Å². The van der Waals surface area contributed by atoms with Crippen LogP contribution in [0.2, 0.25) is 0 Å². The summed E-state index contributed by atoms with van der Waals surface area (Å²) in [5.41, 5.74) is -2.15. The number of rotatable bonds is 8. The Morgan fingerprint density at radius 3 is 2.45 bits per heavy atom. The molecule has 5 atom stereocenters. The molecule has 20 heteroatoms. The predicted molar refractivity (Wildman–Crippen MR) is 197 cm³/mol. The zero-order valence-electron chi connectivity index (χ0n) is 32.3. The van der Waals surface area contributed by atoms with E-state index in [-0.39, 0.29) is 30.4 Å². The van der Waals surface area contributed by atoms with E-state index < -0.39 is 109 Å². The van der Waals surface area contributed by atoms with Gasteiger partial charge in [0.1, 0.15) is 0 Å². The molecule has 2 saturated heterocycles. The van der Waals surface area contributed by atoms with Gasteiger partial charge in [0, 0.05) is 0 Å². The molecule has 4 amide bonds. The van der Waals surface area contributed by atoms with E-state index in [0.29, 0.717) is 57.1 Å². The zero-order valence-corrected chi connectivity index (χ0v) is 35.3. The monoisotopic (exact) mass is 947 g/mol. The van der Waals surface area contributed by atoms with Crippen LogP contribution in [0.4, 0.5) is 18.0 Å². The van der Waals surface area contributed by atoms with Gasteiger partial charge in [0.05, 0.1) is 7.11 Å². The molecule has 1 aromatic heterocycles. The van der Waals surface area contributed by atoms with Crippen LogP contribution in [0.25, 0.3) is 11.0 Å². The van der Waals surface area contributed by atoms with Gasteiger partial charge in [0.25, 0.3) is 0 Å². The number of alkyl halides is 5. The summed E-state index contributed by atoms with van der Waals surface area (Å²) in [6.45, 7) is 2.97. The fraction of sp³-hybridized carbons (Fsp3) is 0.632. The Hall–Kier alpha value is -3.95. The van der Waals surface area contributed by atoms with Gasteiger partial charge in [0.2, 0.25) is 0 Å². The Labute approximate surface area is 344 Å². The number of aromatic nitrogens is 2. The van der Waals surface area contributed by atoms with Gasteiger partial charge in [-0.1, -0.05) is 0 Å². The van der Waals surface area contributed by atoms with Gasteiger partial charge < -0.3 is 4.74 Å². The van der Waals surface area contributed by atoms with Crippen molar-refractivity contribution in [2.75, 3.05) is 13.7 Å². The van der Waals surface area contributed by atoms with Crippen molar-refractivity contribution < 1.29 is 76.2 Å². The summed E-state index contributed by atoms with van der Waals surface area (Å²) >= 11 is -1.16. The number of hydrogen-bond donors (Lipinski definition) is 3. The molecule has 5 aliphatic rings. The van der Waals surface area contributed by atoms with Gasteiger partial charge in [-0.3, -0.25) is 0 Å². The van der Waals surface area contributed by atoms with E-state index in [0.717, 1.165) is 17.7 Å². The van der Waals surface area contributed by atoms with Gasteiger partial charge in [0.15, 0.2) is 0 Å². The van der Waals surface area contributed by atoms with E-state index >= 15 is 0 Å². The molecular formula is C38H47F3IN6O9S-. The van der Waals surface area contributed by atoms with Gasteiger partial charge >= 0.3 is 315 Å². The summed E-state index contributed by atoms with van der Waals surface area (Å²) in [7, 11) is -2.69. The molecule has 7 rings (SSSR count). The molecule has 58 heavy (non-hydrogen) atoms. The molecule has 2 saturated carbocycles. The molecule has 0 radical (unpaired) electrons. The number of ether oxygens (including phenoxy) is 3. The molecule has 318 valence electrons. The number of alkyl carbamates (subject to hydrolysis) is 1. The van der Waals surface area contributed by atoms with Crippen LogP contribution in [0.3, 0.4) is 0 Å². The zero-order chi connectivity index (χ0) is 41.7. The van der Waals surface area contributed by atoms with Crippen LogP contribution in [0.5, 0.6) is 11.6 Å². The topological polar surface area (TPSA) is 195 Å². The Bertz CT molecular complexity index is 2110. The first kappa shape index (κ1) is 42.2. The van der Waals surface area contributed by atoms with E-state index in [9.17, 15) is 40.8 Å². The number of carbonyl (C=O) groups is 4. The molecule has 4 heterocycles. The van der Waals surface area contributed by atoms with E-state index in [4.69, 9.17) is 14.2 Å².